The quantitative estimate of drug-likeness (QED) is 0.791. The second kappa shape index (κ2) is 4.45. The molecule has 6 rings (SSSR count). The summed E-state index contributed by atoms with van der Waals surface area (Å²) >= 11 is 0. The molecule has 3 fully saturated rings. The van der Waals surface area contributed by atoms with Crippen molar-refractivity contribution in [2.45, 2.75) is 61.7 Å². The minimum atomic E-state index is -0.931. The number of piperidine rings is 1. The number of nitrogens with zero attached hydrogens (tertiary/aromatic N) is 1. The zero-order valence-electron chi connectivity index (χ0n) is 15.2. The van der Waals surface area contributed by atoms with Gasteiger partial charge in [-0.15, -0.1) is 0 Å². The third kappa shape index (κ3) is 1.55. The summed E-state index contributed by atoms with van der Waals surface area (Å²) in [4.78, 5) is 12.8. The highest BCUT2D eigenvalue weighted by Gasteiger charge is 2.76. The number of likely N-dealkylation sites (tertiary alicyclic amines) is 1. The summed E-state index contributed by atoms with van der Waals surface area (Å²) in [6.45, 7) is 2.09. The van der Waals surface area contributed by atoms with Gasteiger partial charge in [0.2, 0.25) is 0 Å². The number of phenols is 1. The van der Waals surface area contributed by atoms with Crippen LogP contribution in [0.1, 0.15) is 43.2 Å². The smallest absolute Gasteiger partial charge is 0.174 e. The lowest BCUT2D eigenvalue weighted by atomic mass is 9.48. The molecule has 0 radical (unpaired) electrons. The lowest BCUT2D eigenvalue weighted by Crippen LogP contribution is -2.80. The SMILES string of the molecule is C[N@+]1(CC2CC2)CC[C@@]23c4c5ccc(O)c4OC2C(=O)CCC3(O)C1C5. The molecule has 1 spiro atoms. The van der Waals surface area contributed by atoms with Crippen molar-refractivity contribution >= 4 is 5.78 Å². The van der Waals surface area contributed by atoms with Gasteiger partial charge in [-0.25, -0.2) is 0 Å². The summed E-state index contributed by atoms with van der Waals surface area (Å²) in [6, 6.07) is 3.77. The van der Waals surface area contributed by atoms with Gasteiger partial charge >= 0.3 is 0 Å². The molecule has 5 atom stereocenters. The molecule has 5 heteroatoms. The van der Waals surface area contributed by atoms with Gasteiger partial charge in [-0.3, -0.25) is 4.79 Å². The number of hydrogen-bond donors (Lipinski definition) is 2. The van der Waals surface area contributed by atoms with Crippen molar-refractivity contribution in [3.05, 3.63) is 23.3 Å². The van der Waals surface area contributed by atoms with E-state index < -0.39 is 17.1 Å². The summed E-state index contributed by atoms with van der Waals surface area (Å²) in [7, 11) is 2.31. The fourth-order valence-electron chi connectivity index (χ4n) is 6.94. The lowest BCUT2D eigenvalue weighted by Gasteiger charge is -2.64. The average Bonchev–Trinajstić information content (AvgIpc) is 3.32. The summed E-state index contributed by atoms with van der Waals surface area (Å²) in [6.07, 6.45) is 4.42. The third-order valence-electron chi connectivity index (χ3n) is 8.28. The summed E-state index contributed by atoms with van der Waals surface area (Å²) in [5.74, 6) is 1.42. The highest BCUT2D eigenvalue weighted by atomic mass is 16.5. The van der Waals surface area contributed by atoms with E-state index in [1.54, 1.807) is 6.07 Å². The Balaban J connectivity index is 1.60. The fraction of sp³-hybridized carbons (Fsp3) is 0.667. The Kier molecular flexibility index (Phi) is 2.65. The van der Waals surface area contributed by atoms with Crippen LogP contribution in [-0.4, -0.2) is 58.4 Å². The molecule has 3 aliphatic carbocycles. The molecule has 1 aromatic rings. The van der Waals surface area contributed by atoms with Crippen molar-refractivity contribution in [3.8, 4) is 11.5 Å². The van der Waals surface area contributed by atoms with Crippen molar-refractivity contribution < 1.29 is 24.2 Å². The van der Waals surface area contributed by atoms with Crippen LogP contribution in [0, 0.1) is 5.92 Å². The van der Waals surface area contributed by atoms with Crippen molar-refractivity contribution in [2.75, 3.05) is 20.1 Å². The maximum absolute atomic E-state index is 12.8. The van der Waals surface area contributed by atoms with Crippen molar-refractivity contribution in [1.29, 1.82) is 0 Å². The predicted octanol–water partition coefficient (Wildman–Crippen LogP) is 1.67. The summed E-state index contributed by atoms with van der Waals surface area (Å²) < 4.78 is 6.98. The molecule has 138 valence electrons. The molecule has 2 bridgehead atoms. The second-order valence-corrected chi connectivity index (χ2v) is 9.61. The Bertz CT molecular complexity index is 849. The minimum Gasteiger partial charge on any atom is -0.504 e. The van der Waals surface area contributed by atoms with Gasteiger partial charge in [0.25, 0.3) is 0 Å². The Morgan fingerprint density at radius 3 is 2.88 bits per heavy atom. The highest BCUT2D eigenvalue weighted by molar-refractivity contribution is 5.90. The van der Waals surface area contributed by atoms with E-state index in [0.717, 1.165) is 47.5 Å². The molecule has 0 amide bonds. The molecular weight excluding hydrogens is 330 g/mol. The van der Waals surface area contributed by atoms with Gasteiger partial charge in [0.1, 0.15) is 11.6 Å². The van der Waals surface area contributed by atoms with Gasteiger partial charge in [-0.1, -0.05) is 6.07 Å². The van der Waals surface area contributed by atoms with E-state index in [9.17, 15) is 15.0 Å². The number of aliphatic hydroxyl groups is 1. The fourth-order valence-corrected chi connectivity index (χ4v) is 6.94. The zero-order valence-corrected chi connectivity index (χ0v) is 15.2. The van der Waals surface area contributed by atoms with E-state index in [2.05, 4.69) is 7.05 Å². The van der Waals surface area contributed by atoms with E-state index >= 15 is 0 Å². The van der Waals surface area contributed by atoms with Crippen LogP contribution in [0.4, 0.5) is 0 Å². The number of quaternary nitrogens is 1. The molecule has 2 saturated carbocycles. The van der Waals surface area contributed by atoms with E-state index in [-0.39, 0.29) is 17.6 Å². The van der Waals surface area contributed by atoms with Crippen LogP contribution in [0.15, 0.2) is 12.1 Å². The van der Waals surface area contributed by atoms with Crippen LogP contribution >= 0.6 is 0 Å². The van der Waals surface area contributed by atoms with Gasteiger partial charge in [0.15, 0.2) is 23.4 Å². The molecule has 26 heavy (non-hydrogen) atoms. The number of aromatic hydroxyl groups is 1. The Morgan fingerprint density at radius 1 is 1.31 bits per heavy atom. The van der Waals surface area contributed by atoms with Crippen LogP contribution in [0.3, 0.4) is 0 Å². The normalized spacial score (nSPS) is 45.2. The maximum atomic E-state index is 12.8. The molecule has 1 saturated heterocycles. The first-order chi connectivity index (χ1) is 12.4. The van der Waals surface area contributed by atoms with Crippen LogP contribution < -0.4 is 4.74 Å². The van der Waals surface area contributed by atoms with Gasteiger partial charge in [0, 0.05) is 30.7 Å². The van der Waals surface area contributed by atoms with Crippen LogP contribution in [-0.2, 0) is 16.6 Å². The number of rotatable bonds is 2. The largest absolute Gasteiger partial charge is 0.504 e. The van der Waals surface area contributed by atoms with Gasteiger partial charge in [-0.2, -0.15) is 0 Å². The van der Waals surface area contributed by atoms with Crippen molar-refractivity contribution in [3.63, 3.8) is 0 Å². The van der Waals surface area contributed by atoms with E-state index in [1.165, 1.54) is 12.8 Å². The van der Waals surface area contributed by atoms with Crippen LogP contribution in [0.25, 0.3) is 0 Å². The number of benzene rings is 1. The molecular formula is C21H26NO4+. The van der Waals surface area contributed by atoms with Crippen LogP contribution in [0.5, 0.6) is 11.5 Å². The van der Waals surface area contributed by atoms with Gasteiger partial charge in [-0.05, 0) is 30.9 Å². The number of ketones is 1. The second-order valence-electron chi connectivity index (χ2n) is 9.61. The zero-order chi connectivity index (χ0) is 17.9. The Morgan fingerprint density at radius 2 is 2.12 bits per heavy atom. The number of ether oxygens (including phenoxy) is 1. The van der Waals surface area contributed by atoms with E-state index in [1.807, 2.05) is 6.07 Å². The molecule has 5 aliphatic rings. The topological polar surface area (TPSA) is 66.8 Å². The first-order valence-electron chi connectivity index (χ1n) is 10.0. The number of carbonyl (C=O) groups is 1. The summed E-state index contributed by atoms with van der Waals surface area (Å²) in [5, 5.41) is 22.5. The van der Waals surface area contributed by atoms with Crippen LogP contribution in [0.2, 0.25) is 0 Å². The number of phenolic OH excluding ortho intramolecular Hbond substituents is 1. The lowest BCUT2D eigenvalue weighted by molar-refractivity contribution is -0.950. The number of carbonyl (C=O) groups excluding carboxylic acids is 1. The maximum Gasteiger partial charge on any atom is 0.174 e. The molecule has 2 heterocycles. The third-order valence-corrected chi connectivity index (χ3v) is 8.28. The molecule has 0 aromatic heterocycles. The Hall–Kier alpha value is -1.59. The Labute approximate surface area is 153 Å². The predicted molar refractivity (Wildman–Crippen MR) is 94.1 cm³/mol. The number of Topliss-reactive ketones (excluding diaryl/α,β-unsaturated/α-hetero) is 1. The monoisotopic (exact) mass is 356 g/mol. The number of likely N-dealkylation sites (N-methyl/N-ethyl adjacent to an activating group) is 1. The van der Waals surface area contributed by atoms with Crippen molar-refractivity contribution in [1.82, 2.24) is 0 Å². The summed E-state index contributed by atoms with van der Waals surface area (Å²) in [5.41, 5.74) is 0.492. The average molecular weight is 356 g/mol. The van der Waals surface area contributed by atoms with E-state index in [4.69, 9.17) is 4.74 Å². The standard InChI is InChI=1S/C21H25NO4/c1-22(11-12-2-3-12)9-8-20-17-13-4-5-14(23)18(17)26-19(20)15(24)6-7-21(20,25)16(22)10-13/h4-5,12,16,19,25H,2-3,6-11H2,1H3/p+1/t16?,19?,20-,21?,22-/m1/s1. The molecule has 5 nitrogen and oxygen atoms in total. The number of hydrogen-bond acceptors (Lipinski definition) is 4. The van der Waals surface area contributed by atoms with Gasteiger partial charge < -0.3 is 19.4 Å². The first-order valence-corrected chi connectivity index (χ1v) is 10.0. The van der Waals surface area contributed by atoms with Crippen molar-refractivity contribution in [2.24, 2.45) is 5.92 Å². The molecule has 3 unspecified atom stereocenters. The molecule has 2 N–H and O–H groups in total. The van der Waals surface area contributed by atoms with E-state index in [0.29, 0.717) is 18.6 Å². The van der Waals surface area contributed by atoms with Gasteiger partial charge in [0.05, 0.1) is 25.6 Å². The minimum absolute atomic E-state index is 0.0789. The first kappa shape index (κ1) is 15.5. The highest BCUT2D eigenvalue weighted by Crippen LogP contribution is 2.65. The molecule has 1 aromatic carbocycles. The molecule has 2 aliphatic heterocycles.